The summed E-state index contributed by atoms with van der Waals surface area (Å²) in [6.45, 7) is 1.65. The number of halogens is 1. The number of rotatable bonds is 8. The van der Waals surface area contributed by atoms with Crippen LogP contribution in [0.4, 0.5) is 15.8 Å². The molecule has 0 aromatic heterocycles. The molecule has 0 aliphatic carbocycles. The molecule has 0 aliphatic rings. The topological polar surface area (TPSA) is 73.6 Å². The van der Waals surface area contributed by atoms with Gasteiger partial charge in [0.1, 0.15) is 11.5 Å². The first-order valence-corrected chi connectivity index (χ1v) is 5.39. The Bertz CT molecular complexity index is 401. The van der Waals surface area contributed by atoms with Crippen molar-refractivity contribution in [1.82, 2.24) is 0 Å². The van der Waals surface area contributed by atoms with Gasteiger partial charge < -0.3 is 14.8 Å². The van der Waals surface area contributed by atoms with Crippen LogP contribution in [0.3, 0.4) is 0 Å². The summed E-state index contributed by atoms with van der Waals surface area (Å²) >= 11 is 0. The first-order valence-electron chi connectivity index (χ1n) is 5.39. The molecule has 0 unspecified atom stereocenters. The number of hydrogen-bond donors (Lipinski definition) is 1. The monoisotopic (exact) mass is 258 g/mol. The molecule has 0 saturated carbocycles. The lowest BCUT2D eigenvalue weighted by Gasteiger charge is -2.07. The van der Waals surface area contributed by atoms with Crippen LogP contribution >= 0.6 is 0 Å². The Morgan fingerprint density at radius 3 is 2.83 bits per heavy atom. The van der Waals surface area contributed by atoms with Gasteiger partial charge in [0.05, 0.1) is 24.7 Å². The number of anilines is 1. The summed E-state index contributed by atoms with van der Waals surface area (Å²) in [7, 11) is 1.57. The van der Waals surface area contributed by atoms with Crippen LogP contribution in [0.2, 0.25) is 0 Å². The van der Waals surface area contributed by atoms with Crippen LogP contribution in [0.5, 0.6) is 0 Å². The normalized spacial score (nSPS) is 10.3. The van der Waals surface area contributed by atoms with E-state index in [1.54, 1.807) is 7.11 Å². The Morgan fingerprint density at radius 2 is 2.17 bits per heavy atom. The largest absolute Gasteiger partial charge is 0.382 e. The third-order valence-corrected chi connectivity index (χ3v) is 2.15. The van der Waals surface area contributed by atoms with Crippen molar-refractivity contribution in [3.63, 3.8) is 0 Å². The molecule has 0 bridgehead atoms. The molecule has 0 radical (unpaired) electrons. The van der Waals surface area contributed by atoms with Gasteiger partial charge in [-0.15, -0.1) is 0 Å². The highest BCUT2D eigenvalue weighted by Gasteiger charge is 2.13. The van der Waals surface area contributed by atoms with Gasteiger partial charge >= 0.3 is 0 Å². The minimum Gasteiger partial charge on any atom is -0.382 e. The van der Waals surface area contributed by atoms with Crippen molar-refractivity contribution in [2.75, 3.05) is 38.8 Å². The second-order valence-electron chi connectivity index (χ2n) is 3.45. The van der Waals surface area contributed by atoms with Crippen molar-refractivity contribution < 1.29 is 18.8 Å². The Balaban J connectivity index is 2.45. The van der Waals surface area contributed by atoms with Crippen LogP contribution in [-0.2, 0) is 9.47 Å². The van der Waals surface area contributed by atoms with Crippen molar-refractivity contribution in [2.45, 2.75) is 0 Å². The van der Waals surface area contributed by atoms with Gasteiger partial charge in [0.15, 0.2) is 0 Å². The molecule has 1 aromatic carbocycles. The van der Waals surface area contributed by atoms with Crippen LogP contribution in [0.25, 0.3) is 0 Å². The van der Waals surface area contributed by atoms with Crippen molar-refractivity contribution in [3.8, 4) is 0 Å². The third kappa shape index (κ3) is 4.64. The minimum absolute atomic E-state index is 0.148. The van der Waals surface area contributed by atoms with Crippen LogP contribution < -0.4 is 5.32 Å². The van der Waals surface area contributed by atoms with Gasteiger partial charge in [0.25, 0.3) is 5.69 Å². The Hall–Kier alpha value is -1.73. The lowest BCUT2D eigenvalue weighted by molar-refractivity contribution is -0.384. The minimum atomic E-state index is -0.562. The van der Waals surface area contributed by atoms with Gasteiger partial charge in [-0.2, -0.15) is 0 Å². The molecule has 0 fully saturated rings. The molecule has 1 N–H and O–H groups in total. The van der Waals surface area contributed by atoms with Gasteiger partial charge in [-0.05, 0) is 6.07 Å². The molecule has 18 heavy (non-hydrogen) atoms. The van der Waals surface area contributed by atoms with E-state index in [0.29, 0.717) is 26.4 Å². The number of ether oxygens (including phenoxy) is 2. The van der Waals surface area contributed by atoms with Gasteiger partial charge in [-0.25, -0.2) is 4.39 Å². The smallest absolute Gasteiger partial charge is 0.292 e. The number of nitrogens with one attached hydrogen (secondary N) is 1. The van der Waals surface area contributed by atoms with Gasteiger partial charge in [-0.1, -0.05) is 0 Å². The standard InChI is InChI=1S/C11H15FN2O4/c1-17-6-7-18-5-4-13-10-8-9(12)2-3-11(10)14(15)16/h2-3,8,13H,4-7H2,1H3. The van der Waals surface area contributed by atoms with E-state index in [4.69, 9.17) is 9.47 Å². The van der Waals surface area contributed by atoms with E-state index in [1.165, 1.54) is 0 Å². The molecule has 7 heteroatoms. The molecule has 0 spiro atoms. The van der Waals surface area contributed by atoms with Crippen LogP contribution in [0, 0.1) is 15.9 Å². The van der Waals surface area contributed by atoms with Crippen molar-refractivity contribution >= 4 is 11.4 Å². The molecule has 100 valence electrons. The van der Waals surface area contributed by atoms with E-state index in [-0.39, 0.29) is 11.4 Å². The van der Waals surface area contributed by atoms with Crippen LogP contribution in [-0.4, -0.2) is 38.4 Å². The molecular formula is C11H15FN2O4. The maximum absolute atomic E-state index is 13.0. The highest BCUT2D eigenvalue weighted by atomic mass is 19.1. The first kappa shape index (κ1) is 14.3. The van der Waals surface area contributed by atoms with Crippen molar-refractivity contribution in [3.05, 3.63) is 34.1 Å². The summed E-state index contributed by atoms with van der Waals surface area (Å²) in [5, 5.41) is 13.5. The average Bonchev–Trinajstić information content (AvgIpc) is 2.33. The Kier molecular flexibility index (Phi) is 6.03. The Morgan fingerprint density at radius 1 is 1.39 bits per heavy atom. The molecule has 0 heterocycles. The lowest BCUT2D eigenvalue weighted by Crippen LogP contribution is -2.12. The predicted molar refractivity (Wildman–Crippen MR) is 64.2 cm³/mol. The maximum Gasteiger partial charge on any atom is 0.292 e. The zero-order valence-corrected chi connectivity index (χ0v) is 10.0. The lowest BCUT2D eigenvalue weighted by atomic mass is 10.2. The zero-order chi connectivity index (χ0) is 13.4. The van der Waals surface area contributed by atoms with Crippen LogP contribution in [0.1, 0.15) is 0 Å². The van der Waals surface area contributed by atoms with Crippen molar-refractivity contribution in [1.29, 1.82) is 0 Å². The SMILES string of the molecule is COCCOCCNc1cc(F)ccc1[N+](=O)[O-]. The summed E-state index contributed by atoms with van der Waals surface area (Å²) in [6.07, 6.45) is 0. The quantitative estimate of drug-likeness (QED) is 0.437. The van der Waals surface area contributed by atoms with E-state index < -0.39 is 10.7 Å². The predicted octanol–water partition coefficient (Wildman–Crippen LogP) is 1.81. The fraction of sp³-hybridized carbons (Fsp3) is 0.455. The van der Waals surface area contributed by atoms with Gasteiger partial charge in [0, 0.05) is 25.8 Å². The number of nitro benzene ring substituents is 1. The number of hydrogen-bond acceptors (Lipinski definition) is 5. The van der Waals surface area contributed by atoms with E-state index >= 15 is 0 Å². The molecular weight excluding hydrogens is 243 g/mol. The Labute approximate surface area is 104 Å². The maximum atomic E-state index is 13.0. The summed E-state index contributed by atoms with van der Waals surface area (Å²) in [6, 6.07) is 3.27. The number of nitrogens with zero attached hydrogens (tertiary/aromatic N) is 1. The number of methoxy groups -OCH3 is 1. The van der Waals surface area contributed by atoms with Crippen molar-refractivity contribution in [2.24, 2.45) is 0 Å². The second-order valence-corrected chi connectivity index (χ2v) is 3.45. The van der Waals surface area contributed by atoms with E-state index in [9.17, 15) is 14.5 Å². The molecule has 0 aliphatic heterocycles. The molecule has 0 atom stereocenters. The average molecular weight is 258 g/mol. The van der Waals surface area contributed by atoms with Crippen LogP contribution in [0.15, 0.2) is 18.2 Å². The third-order valence-electron chi connectivity index (χ3n) is 2.15. The number of benzene rings is 1. The summed E-state index contributed by atoms with van der Waals surface area (Å²) in [4.78, 5) is 10.1. The fourth-order valence-corrected chi connectivity index (χ4v) is 1.31. The molecule has 0 saturated heterocycles. The van der Waals surface area contributed by atoms with E-state index in [2.05, 4.69) is 5.32 Å². The molecule has 6 nitrogen and oxygen atoms in total. The van der Waals surface area contributed by atoms with Gasteiger partial charge in [-0.3, -0.25) is 10.1 Å². The summed E-state index contributed by atoms with van der Waals surface area (Å²) in [5.74, 6) is -0.525. The first-order chi connectivity index (χ1) is 8.65. The second kappa shape index (κ2) is 7.57. The molecule has 1 aromatic rings. The summed E-state index contributed by atoms with van der Waals surface area (Å²) in [5.41, 5.74) is -0.0105. The zero-order valence-electron chi connectivity index (χ0n) is 10.0. The molecule has 0 amide bonds. The van der Waals surface area contributed by atoms with Gasteiger partial charge in [0.2, 0.25) is 0 Å². The highest BCUT2D eigenvalue weighted by molar-refractivity contribution is 5.61. The van der Waals surface area contributed by atoms with E-state index in [1.807, 2.05) is 0 Å². The molecule has 1 rings (SSSR count). The highest BCUT2D eigenvalue weighted by Crippen LogP contribution is 2.24. The van der Waals surface area contributed by atoms with E-state index in [0.717, 1.165) is 18.2 Å². The fourth-order valence-electron chi connectivity index (χ4n) is 1.31. The summed E-state index contributed by atoms with van der Waals surface area (Å²) < 4.78 is 22.9. The number of nitro groups is 1.